The van der Waals surface area contributed by atoms with Crippen LogP contribution in [0.5, 0.6) is 0 Å². The molecule has 3 nitrogen and oxygen atoms in total. The summed E-state index contributed by atoms with van der Waals surface area (Å²) >= 11 is 5.56. The molecule has 1 aromatic heterocycles. The second-order valence-electron chi connectivity index (χ2n) is 5.94. The topological polar surface area (TPSA) is 24.0 Å². The van der Waals surface area contributed by atoms with Gasteiger partial charge in [0.15, 0.2) is 4.77 Å². The molecule has 100 valence electrons. The molecule has 2 aromatic rings. The molecule has 0 radical (unpaired) electrons. The van der Waals surface area contributed by atoms with Crippen molar-refractivity contribution < 1.29 is 0 Å². The number of hydrogen-bond donors (Lipinski definition) is 1. The van der Waals surface area contributed by atoms with Gasteiger partial charge in [-0.1, -0.05) is 12.1 Å². The molecule has 1 saturated carbocycles. The summed E-state index contributed by atoms with van der Waals surface area (Å²) in [5, 5.41) is 0. The Balaban J connectivity index is 1.78. The predicted molar refractivity (Wildman–Crippen MR) is 80.1 cm³/mol. The fourth-order valence-electron chi connectivity index (χ4n) is 3.46. The Hall–Kier alpha value is -1.13. The second kappa shape index (κ2) is 4.18. The highest BCUT2D eigenvalue weighted by atomic mass is 32.1. The maximum atomic E-state index is 5.56. The molecule has 1 aromatic carbocycles. The molecular weight excluding hydrogens is 254 g/mol. The molecule has 1 N–H and O–H groups in total. The Bertz CT molecular complexity index is 680. The number of hydrogen-bond acceptors (Lipinski definition) is 2. The van der Waals surface area contributed by atoms with Crippen LogP contribution in [-0.2, 0) is 0 Å². The highest BCUT2D eigenvalue weighted by Gasteiger charge is 2.35. The van der Waals surface area contributed by atoms with Crippen LogP contribution in [0, 0.1) is 11.7 Å². The van der Waals surface area contributed by atoms with Crippen molar-refractivity contribution in [3.8, 4) is 0 Å². The molecule has 4 heteroatoms. The summed E-state index contributed by atoms with van der Waals surface area (Å²) in [6, 6.07) is 7.81. The summed E-state index contributed by atoms with van der Waals surface area (Å²) in [6.07, 6.45) is 4.02. The second-order valence-corrected chi connectivity index (χ2v) is 6.33. The Kier molecular flexibility index (Phi) is 2.57. The fraction of sp³-hybridized carbons (Fsp3) is 0.533. The van der Waals surface area contributed by atoms with E-state index in [1.807, 2.05) is 0 Å². The van der Waals surface area contributed by atoms with E-state index < -0.39 is 0 Å². The van der Waals surface area contributed by atoms with E-state index in [0.717, 1.165) is 10.8 Å². The van der Waals surface area contributed by atoms with Gasteiger partial charge in [-0.3, -0.25) is 4.90 Å². The number of aryl methyl sites for hydroxylation is 1. The van der Waals surface area contributed by atoms with Gasteiger partial charge in [-0.05, 0) is 50.0 Å². The largest absolute Gasteiger partial charge is 0.331 e. The highest BCUT2D eigenvalue weighted by Crippen LogP contribution is 2.35. The number of H-pyrrole nitrogens is 1. The maximum absolute atomic E-state index is 5.56. The molecule has 1 saturated heterocycles. The van der Waals surface area contributed by atoms with E-state index in [1.54, 1.807) is 0 Å². The lowest BCUT2D eigenvalue weighted by Gasteiger charge is -2.17. The molecule has 1 unspecified atom stereocenters. The van der Waals surface area contributed by atoms with Crippen molar-refractivity contribution in [1.29, 1.82) is 0 Å². The number of likely N-dealkylation sites (tertiary alicyclic amines) is 1. The average molecular weight is 273 g/mol. The first kappa shape index (κ1) is 11.7. The van der Waals surface area contributed by atoms with Gasteiger partial charge >= 0.3 is 0 Å². The Labute approximate surface area is 118 Å². The van der Waals surface area contributed by atoms with Crippen molar-refractivity contribution in [3.63, 3.8) is 0 Å². The minimum Gasteiger partial charge on any atom is -0.331 e. The van der Waals surface area contributed by atoms with E-state index >= 15 is 0 Å². The zero-order chi connectivity index (χ0) is 13.0. The first-order valence-electron chi connectivity index (χ1n) is 7.18. The van der Waals surface area contributed by atoms with Gasteiger partial charge in [-0.25, -0.2) is 0 Å². The molecule has 0 amide bonds. The van der Waals surface area contributed by atoms with E-state index in [4.69, 9.17) is 12.2 Å². The molecule has 1 aliphatic carbocycles. The van der Waals surface area contributed by atoms with Crippen LogP contribution >= 0.6 is 12.2 Å². The summed E-state index contributed by atoms with van der Waals surface area (Å²) < 4.78 is 3.24. The Morgan fingerprint density at radius 2 is 2.05 bits per heavy atom. The molecule has 2 aliphatic rings. The summed E-state index contributed by atoms with van der Waals surface area (Å²) in [4.78, 5) is 6.01. The molecular formula is C15H19N3S. The quantitative estimate of drug-likeness (QED) is 0.848. The molecule has 1 aliphatic heterocycles. The first-order valence-corrected chi connectivity index (χ1v) is 7.59. The van der Waals surface area contributed by atoms with Gasteiger partial charge in [0.2, 0.25) is 0 Å². The maximum Gasteiger partial charge on any atom is 0.178 e. The van der Waals surface area contributed by atoms with Crippen molar-refractivity contribution in [2.24, 2.45) is 0 Å². The van der Waals surface area contributed by atoms with E-state index in [0.29, 0.717) is 6.04 Å². The highest BCUT2D eigenvalue weighted by molar-refractivity contribution is 7.71. The lowest BCUT2D eigenvalue weighted by atomic mass is 10.2. The fourth-order valence-corrected chi connectivity index (χ4v) is 3.81. The van der Waals surface area contributed by atoms with E-state index in [-0.39, 0.29) is 0 Å². The SMILES string of the molecule is Cc1cccc2[nH]c(=S)n(C3CCN(C4CC4)C3)c12. The van der Waals surface area contributed by atoms with E-state index in [2.05, 4.69) is 39.6 Å². The zero-order valence-corrected chi connectivity index (χ0v) is 12.0. The lowest BCUT2D eigenvalue weighted by Crippen LogP contribution is -2.23. The van der Waals surface area contributed by atoms with Gasteiger partial charge in [-0.15, -0.1) is 0 Å². The van der Waals surface area contributed by atoms with Crippen molar-refractivity contribution in [1.82, 2.24) is 14.5 Å². The monoisotopic (exact) mass is 273 g/mol. The third kappa shape index (κ3) is 1.85. The number of nitrogens with zero attached hydrogens (tertiary/aromatic N) is 2. The van der Waals surface area contributed by atoms with Crippen LogP contribution in [0.2, 0.25) is 0 Å². The predicted octanol–water partition coefficient (Wildman–Crippen LogP) is 3.42. The molecule has 0 bridgehead atoms. The first-order chi connectivity index (χ1) is 9.24. The molecule has 2 heterocycles. The summed E-state index contributed by atoms with van der Waals surface area (Å²) in [6.45, 7) is 4.57. The smallest absolute Gasteiger partial charge is 0.178 e. The van der Waals surface area contributed by atoms with Gasteiger partial charge in [0, 0.05) is 19.1 Å². The van der Waals surface area contributed by atoms with Crippen LogP contribution in [0.1, 0.15) is 30.9 Å². The molecule has 1 atom stereocenters. The molecule has 4 rings (SSSR count). The van der Waals surface area contributed by atoms with Gasteiger partial charge in [-0.2, -0.15) is 0 Å². The molecule has 19 heavy (non-hydrogen) atoms. The number of rotatable bonds is 2. The number of para-hydroxylation sites is 1. The van der Waals surface area contributed by atoms with Crippen LogP contribution < -0.4 is 0 Å². The minimum atomic E-state index is 0.544. The summed E-state index contributed by atoms with van der Waals surface area (Å²) in [5.41, 5.74) is 3.79. The van der Waals surface area contributed by atoms with Crippen LogP contribution in [0.3, 0.4) is 0 Å². The third-order valence-electron chi connectivity index (χ3n) is 4.56. The van der Waals surface area contributed by atoms with Crippen molar-refractivity contribution in [2.45, 2.75) is 38.3 Å². The number of fused-ring (bicyclic) bond motifs is 1. The zero-order valence-electron chi connectivity index (χ0n) is 11.2. The van der Waals surface area contributed by atoms with E-state index in [9.17, 15) is 0 Å². The van der Waals surface area contributed by atoms with Crippen LogP contribution in [-0.4, -0.2) is 33.6 Å². The van der Waals surface area contributed by atoms with Crippen molar-refractivity contribution in [3.05, 3.63) is 28.5 Å². The van der Waals surface area contributed by atoms with Crippen LogP contribution in [0.25, 0.3) is 11.0 Å². The standard InChI is InChI=1S/C15H19N3S/c1-10-3-2-4-13-14(10)18(15(19)16-13)12-7-8-17(9-12)11-5-6-11/h2-4,11-12H,5-9H2,1H3,(H,16,19). The van der Waals surface area contributed by atoms with Crippen LogP contribution in [0.4, 0.5) is 0 Å². The Morgan fingerprint density at radius 3 is 2.84 bits per heavy atom. The minimum absolute atomic E-state index is 0.544. The number of aromatic nitrogens is 2. The number of aromatic amines is 1. The normalized spacial score (nSPS) is 24.4. The van der Waals surface area contributed by atoms with Gasteiger partial charge < -0.3 is 9.55 Å². The number of imidazole rings is 1. The number of benzene rings is 1. The third-order valence-corrected chi connectivity index (χ3v) is 4.86. The summed E-state index contributed by atoms with van der Waals surface area (Å²) in [7, 11) is 0. The van der Waals surface area contributed by atoms with Crippen molar-refractivity contribution in [2.75, 3.05) is 13.1 Å². The number of nitrogens with one attached hydrogen (secondary N) is 1. The van der Waals surface area contributed by atoms with Crippen molar-refractivity contribution >= 4 is 23.3 Å². The summed E-state index contributed by atoms with van der Waals surface area (Å²) in [5.74, 6) is 0. The average Bonchev–Trinajstić information content (AvgIpc) is 3.02. The van der Waals surface area contributed by atoms with Gasteiger partial charge in [0.1, 0.15) is 0 Å². The van der Waals surface area contributed by atoms with Gasteiger partial charge in [0.25, 0.3) is 0 Å². The lowest BCUT2D eigenvalue weighted by molar-refractivity contribution is 0.314. The van der Waals surface area contributed by atoms with E-state index in [1.165, 1.54) is 48.9 Å². The molecule has 0 spiro atoms. The van der Waals surface area contributed by atoms with Gasteiger partial charge in [0.05, 0.1) is 17.1 Å². The molecule has 2 fully saturated rings. The van der Waals surface area contributed by atoms with Crippen LogP contribution in [0.15, 0.2) is 18.2 Å². The Morgan fingerprint density at radius 1 is 1.21 bits per heavy atom.